The third-order valence-electron chi connectivity index (χ3n) is 3.15. The fraction of sp³-hybridized carbons (Fsp3) is 0.500. The molecule has 0 aliphatic carbocycles. The summed E-state index contributed by atoms with van der Waals surface area (Å²) in [6.07, 6.45) is 0.601. The number of ether oxygens (including phenoxy) is 1. The maximum absolute atomic E-state index is 11.3. The van der Waals surface area contributed by atoms with E-state index in [-0.39, 0.29) is 6.04 Å². The molecular formula is C14H21NO3. The van der Waals surface area contributed by atoms with Gasteiger partial charge in [0.2, 0.25) is 0 Å². The Morgan fingerprint density at radius 3 is 2.22 bits per heavy atom. The first kappa shape index (κ1) is 14.5. The van der Waals surface area contributed by atoms with Crippen LogP contribution in [0.25, 0.3) is 0 Å². The van der Waals surface area contributed by atoms with Crippen molar-refractivity contribution in [3.05, 3.63) is 29.8 Å². The zero-order valence-corrected chi connectivity index (χ0v) is 11.4. The molecule has 4 heteroatoms. The molecule has 2 unspecified atom stereocenters. The standard InChI is InChI=1S/C14H21NO3/c1-5-12(14(16)17)13(15(2)3)10-6-8-11(18-4)9-7-10/h6-9,12-13H,5H2,1-4H3,(H,16,17). The summed E-state index contributed by atoms with van der Waals surface area (Å²) >= 11 is 0. The molecule has 0 saturated carbocycles. The number of hydrogen-bond donors (Lipinski definition) is 1. The van der Waals surface area contributed by atoms with Crippen LogP contribution < -0.4 is 4.74 Å². The molecule has 0 aliphatic rings. The van der Waals surface area contributed by atoms with Crippen LogP contribution in [-0.4, -0.2) is 37.2 Å². The SMILES string of the molecule is CCC(C(=O)O)C(c1ccc(OC)cc1)N(C)C. The predicted molar refractivity (Wildman–Crippen MR) is 70.8 cm³/mol. The number of benzene rings is 1. The minimum Gasteiger partial charge on any atom is -0.497 e. The highest BCUT2D eigenvalue weighted by Crippen LogP contribution is 2.30. The molecule has 100 valence electrons. The highest BCUT2D eigenvalue weighted by Gasteiger charge is 2.29. The summed E-state index contributed by atoms with van der Waals surface area (Å²) in [4.78, 5) is 13.3. The molecule has 1 N–H and O–H groups in total. The molecule has 0 radical (unpaired) electrons. The zero-order valence-electron chi connectivity index (χ0n) is 11.4. The van der Waals surface area contributed by atoms with Crippen molar-refractivity contribution in [1.29, 1.82) is 0 Å². The number of hydrogen-bond acceptors (Lipinski definition) is 3. The van der Waals surface area contributed by atoms with Crippen LogP contribution in [-0.2, 0) is 4.79 Å². The first-order chi connectivity index (χ1) is 8.51. The summed E-state index contributed by atoms with van der Waals surface area (Å²) in [7, 11) is 5.42. The van der Waals surface area contributed by atoms with E-state index in [0.29, 0.717) is 6.42 Å². The number of methoxy groups -OCH3 is 1. The molecule has 0 spiro atoms. The van der Waals surface area contributed by atoms with E-state index >= 15 is 0 Å². The lowest BCUT2D eigenvalue weighted by Crippen LogP contribution is -2.32. The normalized spacial score (nSPS) is 14.3. The monoisotopic (exact) mass is 251 g/mol. The third kappa shape index (κ3) is 3.23. The van der Waals surface area contributed by atoms with Gasteiger partial charge < -0.3 is 14.7 Å². The van der Waals surface area contributed by atoms with Gasteiger partial charge in [-0.25, -0.2) is 0 Å². The predicted octanol–water partition coefficient (Wildman–Crippen LogP) is 2.41. The Morgan fingerprint density at radius 1 is 1.33 bits per heavy atom. The molecule has 1 rings (SSSR count). The number of nitrogens with zero attached hydrogens (tertiary/aromatic N) is 1. The van der Waals surface area contributed by atoms with Crippen molar-refractivity contribution in [2.75, 3.05) is 21.2 Å². The van der Waals surface area contributed by atoms with Crippen LogP contribution in [0, 0.1) is 5.92 Å². The summed E-state index contributed by atoms with van der Waals surface area (Å²) in [5, 5.41) is 9.30. The van der Waals surface area contributed by atoms with Crippen LogP contribution in [0.1, 0.15) is 24.9 Å². The van der Waals surface area contributed by atoms with Crippen LogP contribution in [0.2, 0.25) is 0 Å². The topological polar surface area (TPSA) is 49.8 Å². The number of carbonyl (C=O) groups is 1. The van der Waals surface area contributed by atoms with Crippen molar-refractivity contribution in [3.8, 4) is 5.75 Å². The molecular weight excluding hydrogens is 230 g/mol. The minimum atomic E-state index is -0.757. The minimum absolute atomic E-state index is 0.126. The average molecular weight is 251 g/mol. The second kappa shape index (κ2) is 6.40. The van der Waals surface area contributed by atoms with Crippen molar-refractivity contribution in [1.82, 2.24) is 4.90 Å². The van der Waals surface area contributed by atoms with Crippen molar-refractivity contribution in [3.63, 3.8) is 0 Å². The summed E-state index contributed by atoms with van der Waals surface area (Å²) < 4.78 is 5.11. The van der Waals surface area contributed by atoms with E-state index in [0.717, 1.165) is 11.3 Å². The summed E-state index contributed by atoms with van der Waals surface area (Å²) in [6, 6.07) is 7.45. The maximum Gasteiger partial charge on any atom is 0.308 e. The first-order valence-electron chi connectivity index (χ1n) is 6.04. The second-order valence-electron chi connectivity index (χ2n) is 4.53. The summed E-state index contributed by atoms with van der Waals surface area (Å²) in [5.41, 5.74) is 0.995. The van der Waals surface area contributed by atoms with E-state index in [1.54, 1.807) is 7.11 Å². The van der Waals surface area contributed by atoms with Gasteiger partial charge >= 0.3 is 5.97 Å². The van der Waals surface area contributed by atoms with Gasteiger partial charge in [-0.3, -0.25) is 4.79 Å². The fourth-order valence-corrected chi connectivity index (χ4v) is 2.22. The lowest BCUT2D eigenvalue weighted by molar-refractivity contribution is -0.144. The van der Waals surface area contributed by atoms with Crippen LogP contribution in [0.3, 0.4) is 0 Å². The van der Waals surface area contributed by atoms with E-state index in [1.807, 2.05) is 50.2 Å². The molecule has 4 nitrogen and oxygen atoms in total. The van der Waals surface area contributed by atoms with Crippen LogP contribution >= 0.6 is 0 Å². The lowest BCUT2D eigenvalue weighted by Gasteiger charge is -2.29. The molecule has 0 saturated heterocycles. The molecule has 1 aromatic carbocycles. The van der Waals surface area contributed by atoms with Crippen molar-refractivity contribution in [2.24, 2.45) is 5.92 Å². The zero-order chi connectivity index (χ0) is 13.7. The smallest absolute Gasteiger partial charge is 0.308 e. The maximum atomic E-state index is 11.3. The van der Waals surface area contributed by atoms with E-state index in [2.05, 4.69) is 0 Å². The molecule has 1 aromatic rings. The van der Waals surface area contributed by atoms with Crippen molar-refractivity contribution >= 4 is 5.97 Å². The molecule has 0 fully saturated rings. The molecule has 0 aliphatic heterocycles. The molecule has 0 amide bonds. The van der Waals surface area contributed by atoms with Crippen LogP contribution in [0.4, 0.5) is 0 Å². The van der Waals surface area contributed by atoms with Crippen molar-refractivity contribution < 1.29 is 14.6 Å². The van der Waals surface area contributed by atoms with Gasteiger partial charge in [-0.2, -0.15) is 0 Å². The average Bonchev–Trinajstić information content (AvgIpc) is 2.35. The highest BCUT2D eigenvalue weighted by molar-refractivity contribution is 5.71. The quantitative estimate of drug-likeness (QED) is 0.843. The Bertz CT molecular complexity index is 387. The second-order valence-corrected chi connectivity index (χ2v) is 4.53. The summed E-state index contributed by atoms with van der Waals surface area (Å²) in [5.74, 6) is -0.389. The van der Waals surface area contributed by atoms with Crippen LogP contribution in [0.5, 0.6) is 5.75 Å². The number of carboxylic acid groups (broad SMARTS) is 1. The van der Waals surface area contributed by atoms with E-state index < -0.39 is 11.9 Å². The number of aliphatic carboxylic acids is 1. The molecule has 2 atom stereocenters. The Kier molecular flexibility index (Phi) is 5.16. The number of carboxylic acids is 1. The van der Waals surface area contributed by atoms with Crippen LogP contribution in [0.15, 0.2) is 24.3 Å². The highest BCUT2D eigenvalue weighted by atomic mass is 16.5. The van der Waals surface area contributed by atoms with Gasteiger partial charge in [0.25, 0.3) is 0 Å². The van der Waals surface area contributed by atoms with Gasteiger partial charge in [0.05, 0.1) is 13.0 Å². The van der Waals surface area contributed by atoms with Gasteiger partial charge in [0.15, 0.2) is 0 Å². The van der Waals surface area contributed by atoms with Gasteiger partial charge in [-0.15, -0.1) is 0 Å². The fourth-order valence-electron chi connectivity index (χ4n) is 2.22. The number of rotatable bonds is 6. The molecule has 0 bridgehead atoms. The van der Waals surface area contributed by atoms with Gasteiger partial charge in [-0.05, 0) is 38.2 Å². The van der Waals surface area contributed by atoms with E-state index in [1.165, 1.54) is 0 Å². The Hall–Kier alpha value is -1.55. The van der Waals surface area contributed by atoms with Gasteiger partial charge in [-0.1, -0.05) is 19.1 Å². The first-order valence-corrected chi connectivity index (χ1v) is 6.04. The van der Waals surface area contributed by atoms with E-state index in [9.17, 15) is 9.90 Å². The molecule has 18 heavy (non-hydrogen) atoms. The third-order valence-corrected chi connectivity index (χ3v) is 3.15. The van der Waals surface area contributed by atoms with Gasteiger partial charge in [0, 0.05) is 6.04 Å². The van der Waals surface area contributed by atoms with E-state index in [4.69, 9.17) is 4.74 Å². The Morgan fingerprint density at radius 2 is 1.89 bits per heavy atom. The van der Waals surface area contributed by atoms with Crippen molar-refractivity contribution in [2.45, 2.75) is 19.4 Å². The Balaban J connectivity index is 3.06. The molecule has 0 heterocycles. The summed E-state index contributed by atoms with van der Waals surface area (Å²) in [6.45, 7) is 1.90. The Labute approximate surface area is 108 Å². The lowest BCUT2D eigenvalue weighted by atomic mass is 9.90. The largest absolute Gasteiger partial charge is 0.497 e. The molecule has 0 aromatic heterocycles. The van der Waals surface area contributed by atoms with Gasteiger partial charge in [0.1, 0.15) is 5.75 Å².